The highest BCUT2D eigenvalue weighted by molar-refractivity contribution is 5.74. The summed E-state index contributed by atoms with van der Waals surface area (Å²) < 4.78 is 17.3. The van der Waals surface area contributed by atoms with Crippen LogP contribution in [0.4, 0.5) is 0 Å². The quantitative estimate of drug-likeness (QED) is 0.331. The Balaban J connectivity index is 1.25. The Hall–Kier alpha value is -2.26. The first kappa shape index (κ1) is 28.5. The van der Waals surface area contributed by atoms with E-state index >= 15 is 0 Å². The standard InChI is InChI=1S/C34H45NO7/c1-20(36)40-23-13-15-32(2)22(17-23)11-12-24-25(32)14-16-33(3)26(24)18-27-30(21-9-7-6-8-10-21)28-19-29(31(37)38-4)41-35(28)42-34(27,33)39-5/h6-11,23-30H,12-19H2,1-5H3/t23-,24+,25-,26-,27-,28+,29+,30-,32-,33-,34+/m0/s1. The molecule has 0 spiro atoms. The molecule has 6 aliphatic rings. The number of methoxy groups -OCH3 is 2. The number of hydrogen-bond donors (Lipinski definition) is 0. The highest BCUT2D eigenvalue weighted by Gasteiger charge is 2.74. The minimum absolute atomic E-state index is 0.000600. The van der Waals surface area contributed by atoms with Gasteiger partial charge in [0.05, 0.1) is 13.2 Å². The van der Waals surface area contributed by atoms with Gasteiger partial charge in [0.15, 0.2) is 11.9 Å². The Kier molecular flexibility index (Phi) is 6.89. The average Bonchev–Trinajstić information content (AvgIpc) is 3.52. The fourth-order valence-corrected chi connectivity index (χ4v) is 10.7. The molecule has 2 heterocycles. The van der Waals surface area contributed by atoms with Crippen LogP contribution in [0.25, 0.3) is 0 Å². The Labute approximate surface area is 248 Å². The van der Waals surface area contributed by atoms with Gasteiger partial charge in [-0.3, -0.25) is 9.63 Å². The van der Waals surface area contributed by atoms with Gasteiger partial charge in [0.1, 0.15) is 6.10 Å². The number of hydrogen-bond acceptors (Lipinski definition) is 8. The molecular formula is C34H45NO7. The molecule has 1 aromatic carbocycles. The number of ether oxygens (including phenoxy) is 3. The van der Waals surface area contributed by atoms with Gasteiger partial charge in [0.2, 0.25) is 0 Å². The Bertz CT molecular complexity index is 1270. The van der Waals surface area contributed by atoms with Gasteiger partial charge >= 0.3 is 11.9 Å². The van der Waals surface area contributed by atoms with Crippen LogP contribution in [0.3, 0.4) is 0 Å². The van der Waals surface area contributed by atoms with Crippen molar-refractivity contribution in [3.05, 3.63) is 47.5 Å². The molecule has 11 atom stereocenters. The summed E-state index contributed by atoms with van der Waals surface area (Å²) in [5.41, 5.74) is 2.63. The minimum Gasteiger partial charge on any atom is -0.467 e. The van der Waals surface area contributed by atoms with Crippen molar-refractivity contribution in [2.24, 2.45) is 34.5 Å². The third kappa shape index (κ3) is 3.94. The topological polar surface area (TPSA) is 83.5 Å². The summed E-state index contributed by atoms with van der Waals surface area (Å²) in [5.74, 6) is 0.296. The van der Waals surface area contributed by atoms with Crippen LogP contribution in [0, 0.1) is 34.5 Å². The zero-order chi connectivity index (χ0) is 29.4. The molecule has 0 aromatic heterocycles. The number of rotatable bonds is 4. The van der Waals surface area contributed by atoms with Gasteiger partial charge in [0, 0.05) is 44.1 Å². The first-order valence-corrected chi connectivity index (χ1v) is 15.8. The summed E-state index contributed by atoms with van der Waals surface area (Å²) in [6, 6.07) is 10.5. The molecule has 228 valence electrons. The van der Waals surface area contributed by atoms with Crippen molar-refractivity contribution >= 4 is 11.9 Å². The van der Waals surface area contributed by atoms with Crippen LogP contribution in [-0.2, 0) is 33.5 Å². The number of nitrogens with zero attached hydrogens (tertiary/aromatic N) is 1. The van der Waals surface area contributed by atoms with Crippen LogP contribution in [0.2, 0.25) is 0 Å². The van der Waals surface area contributed by atoms with Gasteiger partial charge < -0.3 is 14.2 Å². The van der Waals surface area contributed by atoms with E-state index in [2.05, 4.69) is 50.3 Å². The summed E-state index contributed by atoms with van der Waals surface area (Å²) in [6.07, 6.45) is 9.32. The predicted octanol–water partition coefficient (Wildman–Crippen LogP) is 5.73. The van der Waals surface area contributed by atoms with E-state index in [4.69, 9.17) is 23.9 Å². The van der Waals surface area contributed by atoms with Crippen LogP contribution >= 0.6 is 0 Å². The van der Waals surface area contributed by atoms with Crippen molar-refractivity contribution in [2.45, 2.75) is 102 Å². The summed E-state index contributed by atoms with van der Waals surface area (Å²) in [4.78, 5) is 37.3. The van der Waals surface area contributed by atoms with Gasteiger partial charge in [-0.2, -0.15) is 0 Å². The lowest BCUT2D eigenvalue weighted by Crippen LogP contribution is -2.64. The molecular weight excluding hydrogens is 534 g/mol. The van der Waals surface area contributed by atoms with E-state index in [1.165, 1.54) is 25.2 Å². The van der Waals surface area contributed by atoms with Crippen molar-refractivity contribution < 1.29 is 33.5 Å². The number of hydroxylamine groups is 2. The maximum atomic E-state index is 12.6. The van der Waals surface area contributed by atoms with Gasteiger partial charge in [-0.1, -0.05) is 61.1 Å². The molecule has 2 aliphatic heterocycles. The second-order valence-corrected chi connectivity index (χ2v) is 14.1. The molecule has 8 heteroatoms. The van der Waals surface area contributed by atoms with E-state index in [1.54, 1.807) is 12.3 Å². The van der Waals surface area contributed by atoms with Crippen molar-refractivity contribution in [1.29, 1.82) is 0 Å². The Morgan fingerprint density at radius 3 is 2.50 bits per heavy atom. The maximum absolute atomic E-state index is 12.6. The van der Waals surface area contributed by atoms with Crippen molar-refractivity contribution in [3.63, 3.8) is 0 Å². The molecule has 42 heavy (non-hydrogen) atoms. The number of esters is 2. The van der Waals surface area contributed by atoms with E-state index in [0.717, 1.165) is 44.9 Å². The summed E-state index contributed by atoms with van der Waals surface area (Å²) in [5, 5.41) is 1.61. The predicted molar refractivity (Wildman–Crippen MR) is 153 cm³/mol. The van der Waals surface area contributed by atoms with Gasteiger partial charge in [-0.05, 0) is 67.3 Å². The summed E-state index contributed by atoms with van der Waals surface area (Å²) >= 11 is 0. The number of fused-ring (bicyclic) bond motifs is 8. The lowest BCUT2D eigenvalue weighted by molar-refractivity contribution is -0.500. The van der Waals surface area contributed by atoms with E-state index in [0.29, 0.717) is 24.2 Å². The molecule has 8 nitrogen and oxygen atoms in total. The van der Waals surface area contributed by atoms with Crippen molar-refractivity contribution in [2.75, 3.05) is 14.2 Å². The normalized spacial score (nSPS) is 45.9. The summed E-state index contributed by atoms with van der Waals surface area (Å²) in [6.45, 7) is 6.37. The average molecular weight is 580 g/mol. The van der Waals surface area contributed by atoms with E-state index < -0.39 is 11.9 Å². The SMILES string of the molecule is COC(=O)[C@H]1C[C@@H]2[C@@H](c3ccccc3)[C@@H]3C[C@H]4[C@@H]5CC=C6C[C@@H](OC(C)=O)CC[C@]6(C)[C@H]5CC[C@]4(C)[C@]3(OC)ON2O1. The molecule has 0 unspecified atom stereocenters. The van der Waals surface area contributed by atoms with Crippen molar-refractivity contribution in [1.82, 2.24) is 5.23 Å². The molecule has 0 bridgehead atoms. The van der Waals surface area contributed by atoms with Crippen molar-refractivity contribution in [3.8, 4) is 0 Å². The lowest BCUT2D eigenvalue weighted by Gasteiger charge is -2.60. The van der Waals surface area contributed by atoms with E-state index in [1.807, 2.05) is 0 Å². The smallest absolute Gasteiger partial charge is 0.337 e. The minimum atomic E-state index is -0.872. The third-order valence-corrected chi connectivity index (χ3v) is 12.6. The monoisotopic (exact) mass is 579 g/mol. The molecule has 1 aromatic rings. The highest BCUT2D eigenvalue weighted by atomic mass is 17.0. The van der Waals surface area contributed by atoms with Crippen LogP contribution in [-0.4, -0.2) is 55.4 Å². The van der Waals surface area contributed by atoms with E-state index in [-0.39, 0.29) is 46.8 Å². The van der Waals surface area contributed by atoms with Gasteiger partial charge in [0.25, 0.3) is 0 Å². The molecule has 5 fully saturated rings. The van der Waals surface area contributed by atoms with E-state index in [9.17, 15) is 9.59 Å². The molecule has 0 radical (unpaired) electrons. The number of allylic oxidation sites excluding steroid dienone is 1. The van der Waals surface area contributed by atoms with Crippen LogP contribution in [0.1, 0.15) is 83.6 Å². The fraction of sp³-hybridized carbons (Fsp3) is 0.706. The van der Waals surface area contributed by atoms with Crippen LogP contribution in [0.5, 0.6) is 0 Å². The first-order chi connectivity index (χ1) is 20.1. The number of benzene rings is 1. The molecule has 3 saturated carbocycles. The Morgan fingerprint density at radius 1 is 1.00 bits per heavy atom. The largest absolute Gasteiger partial charge is 0.467 e. The Morgan fingerprint density at radius 2 is 1.79 bits per heavy atom. The zero-order valence-electron chi connectivity index (χ0n) is 25.5. The maximum Gasteiger partial charge on any atom is 0.337 e. The molecule has 2 saturated heterocycles. The fourth-order valence-electron chi connectivity index (χ4n) is 10.7. The lowest BCUT2D eigenvalue weighted by atomic mass is 9.47. The molecule has 7 rings (SSSR count). The van der Waals surface area contributed by atoms with Gasteiger partial charge in [-0.15, -0.1) is 0 Å². The molecule has 4 aliphatic carbocycles. The molecule has 0 N–H and O–H groups in total. The number of carbonyl (C=O) groups is 2. The number of carbonyl (C=O) groups excluding carboxylic acids is 2. The van der Waals surface area contributed by atoms with Crippen LogP contribution < -0.4 is 0 Å². The zero-order valence-corrected chi connectivity index (χ0v) is 25.5. The summed E-state index contributed by atoms with van der Waals surface area (Å²) in [7, 11) is 3.20. The first-order valence-electron chi connectivity index (χ1n) is 15.8. The highest BCUT2D eigenvalue weighted by Crippen LogP contribution is 2.72. The van der Waals surface area contributed by atoms with Gasteiger partial charge in [-0.25, -0.2) is 9.63 Å². The second kappa shape index (κ2) is 10.1. The van der Waals surface area contributed by atoms with Crippen LogP contribution in [0.15, 0.2) is 42.0 Å². The third-order valence-electron chi connectivity index (χ3n) is 12.6. The second-order valence-electron chi connectivity index (χ2n) is 14.1. The molecule has 0 amide bonds.